The van der Waals surface area contributed by atoms with Gasteiger partial charge in [-0.3, -0.25) is 9.78 Å². The van der Waals surface area contributed by atoms with Gasteiger partial charge in [-0.25, -0.2) is 0 Å². The third-order valence-corrected chi connectivity index (χ3v) is 4.73. The molecule has 0 unspecified atom stereocenters. The summed E-state index contributed by atoms with van der Waals surface area (Å²) in [5, 5.41) is 1.00. The molecule has 0 atom stereocenters. The number of amides is 1. The summed E-state index contributed by atoms with van der Waals surface area (Å²) in [4.78, 5) is 21.3. The number of carbonyl (C=O) groups excluding carboxylic acids is 1. The molecule has 1 aromatic heterocycles. The first-order valence-corrected chi connectivity index (χ1v) is 8.12. The minimum absolute atomic E-state index is 0.141. The summed E-state index contributed by atoms with van der Waals surface area (Å²) >= 11 is 0. The average molecular weight is 312 g/mol. The van der Waals surface area contributed by atoms with Gasteiger partial charge in [0.05, 0.1) is 17.6 Å². The number of rotatable bonds is 3. The first-order valence-electron chi connectivity index (χ1n) is 8.12. The standard InChI is InChI=1S/C18H24N4O/c1-21-9-7-16(8-10-21)22(2)18(23)12-15-5-3-13-11-14(19)4-6-17(13)20-15/h3-6,11,16H,7-10,12,19H2,1-2H3. The molecule has 1 amide bonds. The topological polar surface area (TPSA) is 62.5 Å². The lowest BCUT2D eigenvalue weighted by atomic mass is 10.0. The molecule has 1 aliphatic rings. The molecule has 5 nitrogen and oxygen atoms in total. The van der Waals surface area contributed by atoms with Crippen LogP contribution in [0.1, 0.15) is 18.5 Å². The number of aromatic nitrogens is 1. The van der Waals surface area contributed by atoms with Gasteiger partial charge in [0.1, 0.15) is 0 Å². The Morgan fingerprint density at radius 1 is 1.30 bits per heavy atom. The maximum absolute atomic E-state index is 12.5. The number of hydrogen-bond acceptors (Lipinski definition) is 4. The van der Waals surface area contributed by atoms with E-state index in [0.717, 1.165) is 48.2 Å². The van der Waals surface area contributed by atoms with Gasteiger partial charge >= 0.3 is 0 Å². The van der Waals surface area contributed by atoms with Crippen LogP contribution in [-0.4, -0.2) is 53.9 Å². The van der Waals surface area contributed by atoms with Crippen LogP contribution in [0.15, 0.2) is 30.3 Å². The highest BCUT2D eigenvalue weighted by atomic mass is 16.2. The summed E-state index contributed by atoms with van der Waals surface area (Å²) in [7, 11) is 4.05. The van der Waals surface area contributed by atoms with Crippen LogP contribution >= 0.6 is 0 Å². The molecule has 0 saturated carbocycles. The van der Waals surface area contributed by atoms with E-state index in [1.165, 1.54) is 0 Å². The lowest BCUT2D eigenvalue weighted by molar-refractivity contribution is -0.132. The SMILES string of the molecule is CN1CCC(N(C)C(=O)Cc2ccc3cc(N)ccc3n2)CC1. The summed E-state index contributed by atoms with van der Waals surface area (Å²) < 4.78 is 0. The second kappa shape index (κ2) is 6.54. The van der Waals surface area contributed by atoms with Gasteiger partial charge in [-0.1, -0.05) is 6.07 Å². The lowest BCUT2D eigenvalue weighted by Gasteiger charge is -2.35. The Morgan fingerprint density at radius 2 is 2.04 bits per heavy atom. The molecule has 0 radical (unpaired) electrons. The normalized spacial score (nSPS) is 16.6. The van der Waals surface area contributed by atoms with E-state index in [4.69, 9.17) is 5.73 Å². The Morgan fingerprint density at radius 3 is 2.78 bits per heavy atom. The number of hydrogen-bond donors (Lipinski definition) is 1. The van der Waals surface area contributed by atoms with Crippen molar-refractivity contribution in [1.29, 1.82) is 0 Å². The van der Waals surface area contributed by atoms with E-state index in [0.29, 0.717) is 12.5 Å². The van der Waals surface area contributed by atoms with Crippen LogP contribution in [0.4, 0.5) is 5.69 Å². The predicted molar refractivity (Wildman–Crippen MR) is 93.1 cm³/mol. The van der Waals surface area contributed by atoms with E-state index in [-0.39, 0.29) is 5.91 Å². The van der Waals surface area contributed by atoms with Crippen LogP contribution in [-0.2, 0) is 11.2 Å². The number of piperidine rings is 1. The maximum atomic E-state index is 12.5. The molecule has 2 N–H and O–H groups in total. The van der Waals surface area contributed by atoms with Crippen LogP contribution in [0.25, 0.3) is 10.9 Å². The highest BCUT2D eigenvalue weighted by Crippen LogP contribution is 2.18. The second-order valence-corrected chi connectivity index (χ2v) is 6.47. The van der Waals surface area contributed by atoms with Crippen LogP contribution in [0.3, 0.4) is 0 Å². The van der Waals surface area contributed by atoms with Crippen molar-refractivity contribution in [1.82, 2.24) is 14.8 Å². The quantitative estimate of drug-likeness (QED) is 0.880. The van der Waals surface area contributed by atoms with Gasteiger partial charge in [-0.05, 0) is 57.2 Å². The molecule has 1 aromatic carbocycles. The number of likely N-dealkylation sites (N-methyl/N-ethyl adjacent to an activating group) is 1. The fourth-order valence-electron chi connectivity index (χ4n) is 3.15. The van der Waals surface area contributed by atoms with Crippen LogP contribution in [0.2, 0.25) is 0 Å². The van der Waals surface area contributed by atoms with Crippen molar-refractivity contribution in [2.45, 2.75) is 25.3 Å². The van der Waals surface area contributed by atoms with Crippen molar-refractivity contribution in [2.24, 2.45) is 0 Å². The number of likely N-dealkylation sites (tertiary alicyclic amines) is 1. The largest absolute Gasteiger partial charge is 0.399 e. The molecule has 0 spiro atoms. The van der Waals surface area contributed by atoms with Crippen molar-refractivity contribution >= 4 is 22.5 Å². The molecule has 1 aliphatic heterocycles. The second-order valence-electron chi connectivity index (χ2n) is 6.47. The third kappa shape index (κ3) is 3.62. The number of anilines is 1. The maximum Gasteiger partial charge on any atom is 0.228 e. The molecular formula is C18H24N4O. The summed E-state index contributed by atoms with van der Waals surface area (Å²) in [6.07, 6.45) is 2.44. The van der Waals surface area contributed by atoms with Crippen LogP contribution in [0.5, 0.6) is 0 Å². The lowest BCUT2D eigenvalue weighted by Crippen LogP contribution is -2.45. The Hall–Kier alpha value is -2.14. The van der Waals surface area contributed by atoms with E-state index in [2.05, 4.69) is 16.9 Å². The monoisotopic (exact) mass is 312 g/mol. The molecule has 5 heteroatoms. The number of carbonyl (C=O) groups is 1. The van der Waals surface area contributed by atoms with Crippen molar-refractivity contribution in [3.63, 3.8) is 0 Å². The van der Waals surface area contributed by atoms with Crippen LogP contribution < -0.4 is 5.73 Å². The van der Waals surface area contributed by atoms with Crippen molar-refractivity contribution in [3.05, 3.63) is 36.0 Å². The number of benzene rings is 1. The third-order valence-electron chi connectivity index (χ3n) is 4.73. The highest BCUT2D eigenvalue weighted by Gasteiger charge is 2.24. The molecule has 3 rings (SSSR count). The van der Waals surface area contributed by atoms with E-state index < -0.39 is 0 Å². The Labute approximate surface area is 137 Å². The Bertz CT molecular complexity index is 707. The molecular weight excluding hydrogens is 288 g/mol. The van der Waals surface area contributed by atoms with Gasteiger partial charge in [-0.2, -0.15) is 0 Å². The predicted octanol–water partition coefficient (Wildman–Crippen LogP) is 1.91. The summed E-state index contributed by atoms with van der Waals surface area (Å²) in [5.41, 5.74) is 8.20. The molecule has 1 saturated heterocycles. The summed E-state index contributed by atoms with van der Waals surface area (Å²) in [6.45, 7) is 2.11. The number of pyridine rings is 1. The van der Waals surface area contributed by atoms with Gasteiger partial charge < -0.3 is 15.5 Å². The van der Waals surface area contributed by atoms with Crippen molar-refractivity contribution < 1.29 is 4.79 Å². The molecule has 122 valence electrons. The molecule has 23 heavy (non-hydrogen) atoms. The summed E-state index contributed by atoms with van der Waals surface area (Å²) in [6, 6.07) is 9.89. The molecule has 2 aromatic rings. The van der Waals surface area contributed by atoms with Gasteiger partial charge in [0.2, 0.25) is 5.91 Å². The average Bonchev–Trinajstić information content (AvgIpc) is 2.55. The first-order chi connectivity index (χ1) is 11.0. The highest BCUT2D eigenvalue weighted by molar-refractivity contribution is 5.83. The number of nitrogens with two attached hydrogens (primary N) is 1. The molecule has 0 aliphatic carbocycles. The first kappa shape index (κ1) is 15.7. The van der Waals surface area contributed by atoms with Crippen LogP contribution in [0, 0.1) is 0 Å². The van der Waals surface area contributed by atoms with E-state index in [1.54, 1.807) is 0 Å². The zero-order valence-electron chi connectivity index (χ0n) is 13.8. The Balaban J connectivity index is 1.68. The van der Waals surface area contributed by atoms with Crippen molar-refractivity contribution in [2.75, 3.05) is 32.9 Å². The smallest absolute Gasteiger partial charge is 0.228 e. The van der Waals surface area contributed by atoms with Gasteiger partial charge in [0.25, 0.3) is 0 Å². The minimum Gasteiger partial charge on any atom is -0.399 e. The molecule has 1 fully saturated rings. The summed E-state index contributed by atoms with van der Waals surface area (Å²) in [5.74, 6) is 0.141. The number of nitrogens with zero attached hydrogens (tertiary/aromatic N) is 3. The van der Waals surface area contributed by atoms with Gasteiger partial charge in [-0.15, -0.1) is 0 Å². The van der Waals surface area contributed by atoms with E-state index in [1.807, 2.05) is 42.3 Å². The number of fused-ring (bicyclic) bond motifs is 1. The fourth-order valence-corrected chi connectivity index (χ4v) is 3.15. The van der Waals surface area contributed by atoms with Gasteiger partial charge in [0, 0.05) is 24.2 Å². The minimum atomic E-state index is 0.141. The zero-order chi connectivity index (χ0) is 16.4. The molecule has 2 heterocycles. The van der Waals surface area contributed by atoms with Crippen molar-refractivity contribution in [3.8, 4) is 0 Å². The fraction of sp³-hybridized carbons (Fsp3) is 0.444. The van der Waals surface area contributed by atoms with E-state index in [9.17, 15) is 4.79 Å². The van der Waals surface area contributed by atoms with E-state index >= 15 is 0 Å². The van der Waals surface area contributed by atoms with Gasteiger partial charge in [0.15, 0.2) is 0 Å². The Kier molecular flexibility index (Phi) is 4.48. The zero-order valence-corrected chi connectivity index (χ0v) is 13.8. The molecule has 0 bridgehead atoms. The number of nitrogen functional groups attached to an aromatic ring is 1.